The van der Waals surface area contributed by atoms with Crippen LogP contribution in [0.5, 0.6) is 11.5 Å². The lowest BCUT2D eigenvalue weighted by Gasteiger charge is -2.22. The van der Waals surface area contributed by atoms with Crippen LogP contribution in [0.15, 0.2) is 18.2 Å². The van der Waals surface area contributed by atoms with Crippen molar-refractivity contribution >= 4 is 0 Å². The second-order valence-corrected chi connectivity index (χ2v) is 3.99. The van der Waals surface area contributed by atoms with E-state index in [-0.39, 0.29) is 6.04 Å². The molecule has 0 aliphatic rings. The Bertz CT molecular complexity index is 339. The highest BCUT2D eigenvalue weighted by atomic mass is 16.5. The smallest absolute Gasteiger partial charge is 0.165 e. The van der Waals surface area contributed by atoms with Gasteiger partial charge in [0, 0.05) is 11.6 Å². The first-order valence-electron chi connectivity index (χ1n) is 5.62. The standard InChI is InChI=1S/C13H21NO2/c1-5-9(2)12(14)10-7-6-8-11(15-3)13(10)16-4/h6-9,12H,5,14H2,1-4H3/t9?,12-/m0/s1. The van der Waals surface area contributed by atoms with Gasteiger partial charge >= 0.3 is 0 Å². The zero-order valence-electron chi connectivity index (χ0n) is 10.5. The van der Waals surface area contributed by atoms with E-state index in [1.54, 1.807) is 14.2 Å². The van der Waals surface area contributed by atoms with Gasteiger partial charge in [-0.1, -0.05) is 32.4 Å². The summed E-state index contributed by atoms with van der Waals surface area (Å²) in [5, 5.41) is 0. The first-order chi connectivity index (χ1) is 7.65. The van der Waals surface area contributed by atoms with Gasteiger partial charge in [0.05, 0.1) is 14.2 Å². The predicted molar refractivity (Wildman–Crippen MR) is 65.9 cm³/mol. The van der Waals surface area contributed by atoms with Crippen molar-refractivity contribution in [3.8, 4) is 11.5 Å². The first kappa shape index (κ1) is 12.8. The fourth-order valence-electron chi connectivity index (χ4n) is 1.73. The van der Waals surface area contributed by atoms with Crippen LogP contribution in [0.4, 0.5) is 0 Å². The monoisotopic (exact) mass is 223 g/mol. The predicted octanol–water partition coefficient (Wildman–Crippen LogP) is 2.75. The van der Waals surface area contributed by atoms with Crippen LogP contribution in [0.1, 0.15) is 31.9 Å². The lowest BCUT2D eigenvalue weighted by molar-refractivity contribution is 0.343. The molecule has 0 saturated carbocycles. The molecule has 0 fully saturated rings. The molecule has 0 amide bonds. The van der Waals surface area contributed by atoms with Crippen molar-refractivity contribution in [3.63, 3.8) is 0 Å². The molecule has 1 unspecified atom stereocenters. The van der Waals surface area contributed by atoms with E-state index in [9.17, 15) is 0 Å². The third-order valence-corrected chi connectivity index (χ3v) is 3.05. The van der Waals surface area contributed by atoms with Crippen LogP contribution in [-0.4, -0.2) is 14.2 Å². The van der Waals surface area contributed by atoms with Crippen molar-refractivity contribution < 1.29 is 9.47 Å². The Balaban J connectivity index is 3.12. The molecule has 1 aromatic carbocycles. The molecule has 0 aromatic heterocycles. The van der Waals surface area contributed by atoms with Crippen molar-refractivity contribution in [1.82, 2.24) is 0 Å². The molecule has 0 heterocycles. The number of methoxy groups -OCH3 is 2. The van der Waals surface area contributed by atoms with Gasteiger partial charge in [-0.3, -0.25) is 0 Å². The molecule has 0 radical (unpaired) electrons. The highest BCUT2D eigenvalue weighted by molar-refractivity contribution is 5.48. The molecule has 1 rings (SSSR count). The molecule has 0 aliphatic heterocycles. The quantitative estimate of drug-likeness (QED) is 0.834. The third kappa shape index (κ3) is 2.47. The first-order valence-corrected chi connectivity index (χ1v) is 5.62. The number of ether oxygens (including phenoxy) is 2. The molecule has 3 heteroatoms. The SMILES string of the molecule is CCC(C)[C@H](N)c1cccc(OC)c1OC. The minimum Gasteiger partial charge on any atom is -0.493 e. The molecule has 0 bridgehead atoms. The maximum absolute atomic E-state index is 6.21. The summed E-state index contributed by atoms with van der Waals surface area (Å²) in [6.07, 6.45) is 1.04. The van der Waals surface area contributed by atoms with Gasteiger partial charge in [0.15, 0.2) is 11.5 Å². The van der Waals surface area contributed by atoms with Gasteiger partial charge in [-0.05, 0) is 12.0 Å². The van der Waals surface area contributed by atoms with Crippen molar-refractivity contribution in [3.05, 3.63) is 23.8 Å². The Hall–Kier alpha value is -1.22. The summed E-state index contributed by atoms with van der Waals surface area (Å²) in [5.41, 5.74) is 7.22. The van der Waals surface area contributed by atoms with E-state index in [4.69, 9.17) is 15.2 Å². The molecule has 16 heavy (non-hydrogen) atoms. The van der Waals surface area contributed by atoms with E-state index >= 15 is 0 Å². The van der Waals surface area contributed by atoms with E-state index in [0.29, 0.717) is 5.92 Å². The lowest BCUT2D eigenvalue weighted by Crippen LogP contribution is -2.19. The van der Waals surface area contributed by atoms with Crippen LogP contribution in [-0.2, 0) is 0 Å². The fraction of sp³-hybridized carbons (Fsp3) is 0.538. The minimum absolute atomic E-state index is 0.0185. The van der Waals surface area contributed by atoms with Crippen molar-refractivity contribution in [2.75, 3.05) is 14.2 Å². The van der Waals surface area contributed by atoms with Crippen molar-refractivity contribution in [1.29, 1.82) is 0 Å². The van der Waals surface area contributed by atoms with E-state index in [1.807, 2.05) is 18.2 Å². The summed E-state index contributed by atoms with van der Waals surface area (Å²) in [7, 11) is 3.28. The molecule has 90 valence electrons. The topological polar surface area (TPSA) is 44.5 Å². The normalized spacial score (nSPS) is 14.3. The summed E-state index contributed by atoms with van der Waals surface area (Å²) in [6.45, 7) is 4.28. The average Bonchev–Trinajstić information content (AvgIpc) is 2.35. The van der Waals surface area contributed by atoms with E-state index < -0.39 is 0 Å². The number of rotatable bonds is 5. The molecule has 0 saturated heterocycles. The van der Waals surface area contributed by atoms with Crippen LogP contribution >= 0.6 is 0 Å². The Labute approximate surface area is 97.6 Å². The number of nitrogens with two attached hydrogens (primary N) is 1. The zero-order chi connectivity index (χ0) is 12.1. The molecule has 0 spiro atoms. The van der Waals surface area contributed by atoms with E-state index in [1.165, 1.54) is 0 Å². The van der Waals surface area contributed by atoms with Gasteiger partial charge in [0.25, 0.3) is 0 Å². The van der Waals surface area contributed by atoms with Crippen LogP contribution in [0.2, 0.25) is 0 Å². The van der Waals surface area contributed by atoms with Gasteiger partial charge in [0.1, 0.15) is 0 Å². The number of hydrogen-bond donors (Lipinski definition) is 1. The summed E-state index contributed by atoms with van der Waals surface area (Å²) >= 11 is 0. The summed E-state index contributed by atoms with van der Waals surface area (Å²) in [5.74, 6) is 1.90. The van der Waals surface area contributed by atoms with Crippen LogP contribution in [0.25, 0.3) is 0 Å². The number of hydrogen-bond acceptors (Lipinski definition) is 3. The lowest BCUT2D eigenvalue weighted by atomic mass is 9.92. The van der Waals surface area contributed by atoms with Gasteiger partial charge in [0.2, 0.25) is 0 Å². The second kappa shape index (κ2) is 5.75. The van der Waals surface area contributed by atoms with Crippen molar-refractivity contribution in [2.24, 2.45) is 11.7 Å². The molecular formula is C13H21NO2. The van der Waals surface area contributed by atoms with Gasteiger partial charge < -0.3 is 15.2 Å². The molecule has 2 atom stereocenters. The summed E-state index contributed by atoms with van der Waals surface area (Å²) in [4.78, 5) is 0. The number of benzene rings is 1. The molecular weight excluding hydrogens is 202 g/mol. The highest BCUT2D eigenvalue weighted by Gasteiger charge is 2.19. The van der Waals surface area contributed by atoms with Crippen LogP contribution in [0.3, 0.4) is 0 Å². The zero-order valence-corrected chi connectivity index (χ0v) is 10.5. The number of para-hydroxylation sites is 1. The van der Waals surface area contributed by atoms with Gasteiger partial charge in [-0.15, -0.1) is 0 Å². The van der Waals surface area contributed by atoms with Crippen LogP contribution < -0.4 is 15.2 Å². The fourth-order valence-corrected chi connectivity index (χ4v) is 1.73. The molecule has 0 aliphatic carbocycles. The molecule has 3 nitrogen and oxygen atoms in total. The Morgan fingerprint density at radius 3 is 2.44 bits per heavy atom. The van der Waals surface area contributed by atoms with Crippen molar-refractivity contribution in [2.45, 2.75) is 26.3 Å². The molecule has 2 N–H and O–H groups in total. The Kier molecular flexibility index (Phi) is 4.62. The summed E-state index contributed by atoms with van der Waals surface area (Å²) < 4.78 is 10.6. The maximum Gasteiger partial charge on any atom is 0.165 e. The van der Waals surface area contributed by atoms with Gasteiger partial charge in [-0.2, -0.15) is 0 Å². The Morgan fingerprint density at radius 2 is 1.94 bits per heavy atom. The van der Waals surface area contributed by atoms with Gasteiger partial charge in [-0.25, -0.2) is 0 Å². The van der Waals surface area contributed by atoms with E-state index in [2.05, 4.69) is 13.8 Å². The third-order valence-electron chi connectivity index (χ3n) is 3.05. The molecule has 1 aromatic rings. The van der Waals surface area contributed by atoms with E-state index in [0.717, 1.165) is 23.5 Å². The minimum atomic E-state index is -0.0185. The maximum atomic E-state index is 6.21. The van der Waals surface area contributed by atoms with Crippen LogP contribution in [0, 0.1) is 5.92 Å². The second-order valence-electron chi connectivity index (χ2n) is 3.99. The highest BCUT2D eigenvalue weighted by Crippen LogP contribution is 2.36. The average molecular weight is 223 g/mol. The summed E-state index contributed by atoms with van der Waals surface area (Å²) in [6, 6.07) is 5.80. The Morgan fingerprint density at radius 1 is 1.25 bits per heavy atom. The largest absolute Gasteiger partial charge is 0.493 e.